The highest BCUT2D eigenvalue weighted by Gasteiger charge is 2.13. The number of hydrogen-bond acceptors (Lipinski definition) is 5. The first kappa shape index (κ1) is 21.2. The van der Waals surface area contributed by atoms with E-state index in [4.69, 9.17) is 9.47 Å². The Bertz CT molecular complexity index is 852. The van der Waals surface area contributed by atoms with Crippen molar-refractivity contribution in [2.75, 3.05) is 33.1 Å². The molecular formula is C21H27N3O4. The molecular weight excluding hydrogens is 358 g/mol. The molecule has 0 spiro atoms. The summed E-state index contributed by atoms with van der Waals surface area (Å²) in [6.07, 6.45) is 0. The van der Waals surface area contributed by atoms with Crippen molar-refractivity contribution in [1.82, 2.24) is 10.2 Å². The fourth-order valence-electron chi connectivity index (χ4n) is 2.87. The van der Waals surface area contributed by atoms with E-state index in [2.05, 4.69) is 10.6 Å². The van der Waals surface area contributed by atoms with E-state index in [9.17, 15) is 9.59 Å². The highest BCUT2D eigenvalue weighted by molar-refractivity contribution is 6.02. The van der Waals surface area contributed by atoms with Gasteiger partial charge >= 0.3 is 6.03 Å². The molecule has 0 aliphatic carbocycles. The number of hydrogen-bond donors (Lipinski definition) is 2. The first-order chi connectivity index (χ1) is 13.3. The molecule has 0 aliphatic rings. The van der Waals surface area contributed by atoms with Crippen molar-refractivity contribution in [3.05, 3.63) is 53.1 Å². The lowest BCUT2D eigenvalue weighted by Gasteiger charge is -2.17. The number of benzene rings is 2. The maximum atomic E-state index is 12.1. The minimum absolute atomic E-state index is 0.0780. The van der Waals surface area contributed by atoms with Gasteiger partial charge in [-0.25, -0.2) is 4.79 Å². The number of rotatable bonds is 7. The standard InChI is InChI=1S/C21H27N3O4/c1-14-6-8-17(15(2)10-14)22-21(26)23-20(25)13-24(3)12-16-7-9-18(27-4)19(11-16)28-5/h6-11H,12-13H2,1-5H3,(H2,22,23,25,26). The van der Waals surface area contributed by atoms with Crippen LogP contribution in [0.15, 0.2) is 36.4 Å². The average Bonchev–Trinajstić information content (AvgIpc) is 2.63. The normalized spacial score (nSPS) is 10.5. The second kappa shape index (κ2) is 9.75. The number of amides is 3. The largest absolute Gasteiger partial charge is 0.493 e. The van der Waals surface area contributed by atoms with Crippen LogP contribution in [0, 0.1) is 13.8 Å². The summed E-state index contributed by atoms with van der Waals surface area (Å²) in [5, 5.41) is 5.05. The summed E-state index contributed by atoms with van der Waals surface area (Å²) in [4.78, 5) is 26.0. The molecule has 0 atom stereocenters. The molecule has 0 aliphatic heterocycles. The van der Waals surface area contributed by atoms with Gasteiger partial charge in [0.2, 0.25) is 5.91 Å². The van der Waals surface area contributed by atoms with Crippen LogP contribution in [0.2, 0.25) is 0 Å². The Labute approximate surface area is 165 Å². The fraction of sp³-hybridized carbons (Fsp3) is 0.333. The van der Waals surface area contributed by atoms with Gasteiger partial charge in [-0.05, 0) is 50.2 Å². The van der Waals surface area contributed by atoms with E-state index in [-0.39, 0.29) is 12.5 Å². The summed E-state index contributed by atoms with van der Waals surface area (Å²) < 4.78 is 10.5. The second-order valence-electron chi connectivity index (χ2n) is 6.68. The molecule has 28 heavy (non-hydrogen) atoms. The zero-order valence-corrected chi connectivity index (χ0v) is 17.0. The lowest BCUT2D eigenvalue weighted by atomic mass is 10.1. The van der Waals surface area contributed by atoms with Gasteiger partial charge in [0.05, 0.1) is 20.8 Å². The van der Waals surface area contributed by atoms with E-state index in [1.807, 2.05) is 50.2 Å². The highest BCUT2D eigenvalue weighted by atomic mass is 16.5. The minimum Gasteiger partial charge on any atom is -0.493 e. The molecule has 2 N–H and O–H groups in total. The molecule has 7 heteroatoms. The Morgan fingerprint density at radius 1 is 1.00 bits per heavy atom. The van der Waals surface area contributed by atoms with Gasteiger partial charge < -0.3 is 14.8 Å². The van der Waals surface area contributed by atoms with Gasteiger partial charge in [0.25, 0.3) is 0 Å². The molecule has 2 aromatic carbocycles. The number of aryl methyl sites for hydroxylation is 2. The van der Waals surface area contributed by atoms with Gasteiger partial charge in [0.15, 0.2) is 11.5 Å². The zero-order chi connectivity index (χ0) is 20.7. The summed E-state index contributed by atoms with van der Waals surface area (Å²) in [7, 11) is 4.96. The van der Waals surface area contributed by atoms with Crippen LogP contribution in [0.1, 0.15) is 16.7 Å². The number of imide groups is 1. The second-order valence-corrected chi connectivity index (χ2v) is 6.68. The lowest BCUT2D eigenvalue weighted by Crippen LogP contribution is -2.40. The molecule has 2 aromatic rings. The number of carbonyl (C=O) groups excluding carboxylic acids is 2. The zero-order valence-electron chi connectivity index (χ0n) is 17.0. The van der Waals surface area contributed by atoms with Crippen molar-refractivity contribution >= 4 is 17.6 Å². The summed E-state index contributed by atoms with van der Waals surface area (Å²) >= 11 is 0. The first-order valence-corrected chi connectivity index (χ1v) is 8.90. The van der Waals surface area contributed by atoms with Crippen molar-refractivity contribution in [1.29, 1.82) is 0 Å². The molecule has 7 nitrogen and oxygen atoms in total. The predicted molar refractivity (Wildman–Crippen MR) is 109 cm³/mol. The van der Waals surface area contributed by atoms with Crippen LogP contribution < -0.4 is 20.1 Å². The monoisotopic (exact) mass is 385 g/mol. The number of likely N-dealkylation sites (N-methyl/N-ethyl adjacent to an activating group) is 1. The third-order valence-corrected chi connectivity index (χ3v) is 4.20. The molecule has 3 amide bonds. The minimum atomic E-state index is -0.545. The topological polar surface area (TPSA) is 79.9 Å². The Morgan fingerprint density at radius 3 is 2.36 bits per heavy atom. The van der Waals surface area contributed by atoms with Crippen molar-refractivity contribution in [2.45, 2.75) is 20.4 Å². The SMILES string of the molecule is COc1ccc(CN(C)CC(=O)NC(=O)Nc2ccc(C)cc2C)cc1OC. The van der Waals surface area contributed by atoms with E-state index >= 15 is 0 Å². The maximum Gasteiger partial charge on any atom is 0.325 e. The smallest absolute Gasteiger partial charge is 0.325 e. The fourth-order valence-corrected chi connectivity index (χ4v) is 2.87. The van der Waals surface area contributed by atoms with Gasteiger partial charge in [-0.15, -0.1) is 0 Å². The van der Waals surface area contributed by atoms with Crippen LogP contribution in [0.4, 0.5) is 10.5 Å². The molecule has 0 saturated carbocycles. The van der Waals surface area contributed by atoms with Crippen LogP contribution in [0.25, 0.3) is 0 Å². The Balaban J connectivity index is 1.87. The number of carbonyl (C=O) groups is 2. The van der Waals surface area contributed by atoms with Gasteiger partial charge in [-0.2, -0.15) is 0 Å². The molecule has 0 saturated heterocycles. The number of nitrogens with one attached hydrogen (secondary N) is 2. The summed E-state index contributed by atoms with van der Waals surface area (Å²) in [5.41, 5.74) is 3.69. The summed E-state index contributed by atoms with van der Waals surface area (Å²) in [5.74, 6) is 0.894. The molecule has 150 valence electrons. The predicted octanol–water partition coefficient (Wildman–Crippen LogP) is 3.10. The average molecular weight is 385 g/mol. The van der Waals surface area contributed by atoms with Gasteiger partial charge in [0.1, 0.15) is 0 Å². The number of anilines is 1. The Hall–Kier alpha value is -3.06. The molecule has 0 aromatic heterocycles. The number of nitrogens with zero attached hydrogens (tertiary/aromatic N) is 1. The molecule has 0 fully saturated rings. The van der Waals surface area contributed by atoms with E-state index in [0.29, 0.717) is 23.7 Å². The Morgan fingerprint density at radius 2 is 1.71 bits per heavy atom. The van der Waals surface area contributed by atoms with Crippen molar-refractivity contribution in [2.24, 2.45) is 0 Å². The lowest BCUT2D eigenvalue weighted by molar-refractivity contribution is -0.120. The maximum absolute atomic E-state index is 12.1. The van der Waals surface area contributed by atoms with E-state index < -0.39 is 6.03 Å². The first-order valence-electron chi connectivity index (χ1n) is 8.90. The molecule has 2 rings (SSSR count). The van der Waals surface area contributed by atoms with Crippen molar-refractivity contribution < 1.29 is 19.1 Å². The number of urea groups is 1. The van der Waals surface area contributed by atoms with Crippen LogP contribution in [0.5, 0.6) is 11.5 Å². The van der Waals surface area contributed by atoms with Crippen LogP contribution in [-0.2, 0) is 11.3 Å². The summed E-state index contributed by atoms with van der Waals surface area (Å²) in [6.45, 7) is 4.48. The molecule has 0 bridgehead atoms. The molecule has 0 heterocycles. The number of methoxy groups -OCH3 is 2. The van der Waals surface area contributed by atoms with Crippen molar-refractivity contribution in [3.63, 3.8) is 0 Å². The quantitative estimate of drug-likeness (QED) is 0.766. The Kier molecular flexibility index (Phi) is 7.40. The summed E-state index contributed by atoms with van der Waals surface area (Å²) in [6, 6.07) is 10.7. The third-order valence-electron chi connectivity index (χ3n) is 4.20. The molecule has 0 radical (unpaired) electrons. The van der Waals surface area contributed by atoms with Gasteiger partial charge in [0, 0.05) is 12.2 Å². The third kappa shape index (κ3) is 5.99. The van der Waals surface area contributed by atoms with Crippen LogP contribution in [-0.4, -0.2) is 44.7 Å². The van der Waals surface area contributed by atoms with Gasteiger partial charge in [-0.1, -0.05) is 23.8 Å². The van der Waals surface area contributed by atoms with Crippen LogP contribution in [0.3, 0.4) is 0 Å². The molecule has 0 unspecified atom stereocenters. The number of ether oxygens (including phenoxy) is 2. The highest BCUT2D eigenvalue weighted by Crippen LogP contribution is 2.27. The van der Waals surface area contributed by atoms with E-state index in [1.165, 1.54) is 0 Å². The van der Waals surface area contributed by atoms with Gasteiger partial charge in [-0.3, -0.25) is 15.0 Å². The van der Waals surface area contributed by atoms with Crippen LogP contribution >= 0.6 is 0 Å². The van der Waals surface area contributed by atoms with E-state index in [1.54, 1.807) is 26.2 Å². The van der Waals surface area contributed by atoms with E-state index in [0.717, 1.165) is 16.7 Å². The van der Waals surface area contributed by atoms with Crippen molar-refractivity contribution in [3.8, 4) is 11.5 Å².